The summed E-state index contributed by atoms with van der Waals surface area (Å²) in [6.45, 7) is 1.46. The Morgan fingerprint density at radius 2 is 1.93 bits per heavy atom. The largest absolute Gasteiger partial charge is 0.451 e. The van der Waals surface area contributed by atoms with Crippen LogP contribution in [0.1, 0.15) is 16.1 Å². The quantitative estimate of drug-likeness (QED) is 0.559. The van der Waals surface area contributed by atoms with E-state index in [1.807, 2.05) is 37.3 Å². The van der Waals surface area contributed by atoms with E-state index in [0.717, 1.165) is 15.6 Å². The number of nitrogens with one attached hydrogen (secondary N) is 2. The number of aryl methyl sites for hydroxylation is 1. The van der Waals surface area contributed by atoms with E-state index in [1.54, 1.807) is 18.2 Å². The zero-order valence-electron chi connectivity index (χ0n) is 14.3. The van der Waals surface area contributed by atoms with Gasteiger partial charge in [0.25, 0.3) is 5.91 Å². The Morgan fingerprint density at radius 3 is 2.63 bits per heavy atom. The van der Waals surface area contributed by atoms with Gasteiger partial charge in [0, 0.05) is 10.0 Å². The normalized spacial score (nSPS) is 10.5. The standard InChI is InChI=1S/C19H15BrClN3O3/c1-11-2-7-15(14(21)8-11)22-18(25)10-27-19(26)17-9-16(23-24-17)12-3-5-13(20)6-4-12/h2-9H,10H2,1H3,(H,22,25)(H,23,24). The Bertz CT molecular complexity index is 986. The van der Waals surface area contributed by atoms with Gasteiger partial charge >= 0.3 is 5.97 Å². The molecular weight excluding hydrogens is 434 g/mol. The molecule has 1 amide bonds. The lowest BCUT2D eigenvalue weighted by Crippen LogP contribution is -2.21. The lowest BCUT2D eigenvalue weighted by molar-refractivity contribution is -0.119. The molecule has 1 aromatic heterocycles. The topological polar surface area (TPSA) is 84.1 Å². The van der Waals surface area contributed by atoms with Gasteiger partial charge in [0.1, 0.15) is 5.69 Å². The fraction of sp³-hybridized carbons (Fsp3) is 0.105. The Labute approximate surface area is 169 Å². The van der Waals surface area contributed by atoms with E-state index in [0.29, 0.717) is 16.4 Å². The van der Waals surface area contributed by atoms with Crippen LogP contribution in [0.4, 0.5) is 5.69 Å². The maximum Gasteiger partial charge on any atom is 0.356 e. The van der Waals surface area contributed by atoms with Crippen LogP contribution < -0.4 is 5.32 Å². The molecule has 0 aliphatic heterocycles. The molecule has 0 saturated heterocycles. The molecule has 0 radical (unpaired) electrons. The van der Waals surface area contributed by atoms with Crippen LogP contribution in [-0.2, 0) is 9.53 Å². The number of halogens is 2. The Kier molecular flexibility index (Phi) is 5.93. The molecule has 0 unspecified atom stereocenters. The number of amides is 1. The predicted molar refractivity (Wildman–Crippen MR) is 107 cm³/mol. The molecule has 138 valence electrons. The van der Waals surface area contributed by atoms with E-state index >= 15 is 0 Å². The van der Waals surface area contributed by atoms with Gasteiger partial charge in [-0.1, -0.05) is 45.7 Å². The predicted octanol–water partition coefficient (Wildman–Crippen LogP) is 4.60. The average Bonchev–Trinajstić information content (AvgIpc) is 3.13. The summed E-state index contributed by atoms with van der Waals surface area (Å²) in [7, 11) is 0. The number of carbonyl (C=O) groups is 2. The van der Waals surface area contributed by atoms with E-state index < -0.39 is 18.5 Å². The summed E-state index contributed by atoms with van der Waals surface area (Å²) in [6, 6.07) is 14.3. The second kappa shape index (κ2) is 8.37. The second-order valence-corrected chi connectivity index (χ2v) is 7.10. The summed E-state index contributed by atoms with van der Waals surface area (Å²) in [5.41, 5.74) is 3.05. The molecule has 0 bridgehead atoms. The van der Waals surface area contributed by atoms with Crippen molar-refractivity contribution in [1.29, 1.82) is 0 Å². The SMILES string of the molecule is Cc1ccc(NC(=O)COC(=O)c2cc(-c3ccc(Br)cc3)n[nH]2)c(Cl)c1. The minimum atomic E-state index is -0.670. The van der Waals surface area contributed by atoms with Gasteiger partial charge in [-0.2, -0.15) is 5.10 Å². The third-order valence-electron chi connectivity index (χ3n) is 3.67. The van der Waals surface area contributed by atoms with Crippen LogP contribution in [0.2, 0.25) is 5.02 Å². The molecule has 2 aromatic carbocycles. The summed E-state index contributed by atoms with van der Waals surface area (Å²) in [5, 5.41) is 9.73. The number of benzene rings is 2. The fourth-order valence-corrected chi connectivity index (χ4v) is 2.86. The summed E-state index contributed by atoms with van der Waals surface area (Å²) < 4.78 is 5.97. The lowest BCUT2D eigenvalue weighted by atomic mass is 10.1. The first kappa shape index (κ1) is 19.1. The minimum absolute atomic E-state index is 0.161. The molecule has 0 spiro atoms. The van der Waals surface area contributed by atoms with Crippen LogP contribution in [-0.4, -0.2) is 28.7 Å². The molecule has 1 heterocycles. The average molecular weight is 449 g/mol. The Hall–Kier alpha value is -2.64. The highest BCUT2D eigenvalue weighted by molar-refractivity contribution is 9.10. The number of aromatic nitrogens is 2. The van der Waals surface area contributed by atoms with E-state index in [1.165, 1.54) is 0 Å². The molecule has 0 fully saturated rings. The van der Waals surface area contributed by atoms with E-state index in [9.17, 15) is 9.59 Å². The van der Waals surface area contributed by atoms with Crippen molar-refractivity contribution < 1.29 is 14.3 Å². The van der Waals surface area contributed by atoms with Crippen molar-refractivity contribution >= 4 is 45.1 Å². The van der Waals surface area contributed by atoms with Crippen LogP contribution in [0.3, 0.4) is 0 Å². The lowest BCUT2D eigenvalue weighted by Gasteiger charge is -2.08. The Morgan fingerprint density at radius 1 is 1.19 bits per heavy atom. The summed E-state index contributed by atoms with van der Waals surface area (Å²) >= 11 is 9.43. The number of esters is 1. The van der Waals surface area contributed by atoms with Crippen LogP contribution in [0.5, 0.6) is 0 Å². The molecule has 2 N–H and O–H groups in total. The number of H-pyrrole nitrogens is 1. The van der Waals surface area contributed by atoms with Gasteiger partial charge in [0.15, 0.2) is 6.61 Å². The molecule has 0 aliphatic rings. The minimum Gasteiger partial charge on any atom is -0.451 e. The molecule has 0 saturated carbocycles. The third-order valence-corrected chi connectivity index (χ3v) is 4.51. The van der Waals surface area contributed by atoms with Crippen LogP contribution >= 0.6 is 27.5 Å². The maximum atomic E-state index is 12.1. The van der Waals surface area contributed by atoms with Gasteiger partial charge in [-0.3, -0.25) is 9.89 Å². The fourth-order valence-electron chi connectivity index (χ4n) is 2.31. The molecule has 27 heavy (non-hydrogen) atoms. The first-order valence-corrected chi connectivity index (χ1v) is 9.14. The molecule has 3 aromatic rings. The van der Waals surface area contributed by atoms with Gasteiger partial charge in [-0.05, 0) is 42.8 Å². The van der Waals surface area contributed by atoms with E-state index in [2.05, 4.69) is 31.4 Å². The summed E-state index contributed by atoms with van der Waals surface area (Å²) in [4.78, 5) is 24.1. The highest BCUT2D eigenvalue weighted by Crippen LogP contribution is 2.23. The zero-order chi connectivity index (χ0) is 19.4. The number of carbonyl (C=O) groups excluding carboxylic acids is 2. The number of hydrogen-bond donors (Lipinski definition) is 2. The van der Waals surface area contributed by atoms with Crippen molar-refractivity contribution in [3.05, 3.63) is 69.3 Å². The Balaban J connectivity index is 1.57. The van der Waals surface area contributed by atoms with E-state index in [-0.39, 0.29) is 5.69 Å². The maximum absolute atomic E-state index is 12.1. The molecule has 0 atom stereocenters. The molecular formula is C19H15BrClN3O3. The van der Waals surface area contributed by atoms with Crippen molar-refractivity contribution in [2.24, 2.45) is 0 Å². The second-order valence-electron chi connectivity index (χ2n) is 5.78. The number of nitrogens with zero attached hydrogens (tertiary/aromatic N) is 1. The smallest absolute Gasteiger partial charge is 0.356 e. The number of aromatic amines is 1. The number of rotatable bonds is 5. The third kappa shape index (κ3) is 4.96. The van der Waals surface area contributed by atoms with E-state index in [4.69, 9.17) is 16.3 Å². The monoisotopic (exact) mass is 447 g/mol. The van der Waals surface area contributed by atoms with Crippen LogP contribution in [0.25, 0.3) is 11.3 Å². The molecule has 8 heteroatoms. The molecule has 6 nitrogen and oxygen atoms in total. The van der Waals surface area contributed by atoms with Gasteiger partial charge in [-0.25, -0.2) is 4.79 Å². The van der Waals surface area contributed by atoms with Gasteiger partial charge in [-0.15, -0.1) is 0 Å². The number of ether oxygens (including phenoxy) is 1. The van der Waals surface area contributed by atoms with Crippen molar-refractivity contribution in [3.8, 4) is 11.3 Å². The first-order chi connectivity index (χ1) is 12.9. The van der Waals surface area contributed by atoms with Gasteiger partial charge in [0.2, 0.25) is 0 Å². The summed E-state index contributed by atoms with van der Waals surface area (Å²) in [5.74, 6) is -1.15. The molecule has 3 rings (SSSR count). The number of hydrogen-bond acceptors (Lipinski definition) is 4. The zero-order valence-corrected chi connectivity index (χ0v) is 16.6. The highest BCUT2D eigenvalue weighted by atomic mass is 79.9. The molecule has 0 aliphatic carbocycles. The van der Waals surface area contributed by atoms with Gasteiger partial charge in [0.05, 0.1) is 16.4 Å². The van der Waals surface area contributed by atoms with Crippen molar-refractivity contribution in [1.82, 2.24) is 10.2 Å². The highest BCUT2D eigenvalue weighted by Gasteiger charge is 2.15. The van der Waals surface area contributed by atoms with Crippen LogP contribution in [0, 0.1) is 6.92 Å². The first-order valence-electron chi connectivity index (χ1n) is 7.97. The van der Waals surface area contributed by atoms with Crippen molar-refractivity contribution in [3.63, 3.8) is 0 Å². The van der Waals surface area contributed by atoms with Gasteiger partial charge < -0.3 is 10.1 Å². The van der Waals surface area contributed by atoms with Crippen LogP contribution in [0.15, 0.2) is 53.0 Å². The summed E-state index contributed by atoms with van der Waals surface area (Å²) in [6.07, 6.45) is 0. The van der Waals surface area contributed by atoms with Crippen molar-refractivity contribution in [2.75, 3.05) is 11.9 Å². The van der Waals surface area contributed by atoms with Crippen molar-refractivity contribution in [2.45, 2.75) is 6.92 Å². The number of anilines is 1.